The van der Waals surface area contributed by atoms with Crippen molar-refractivity contribution in [2.24, 2.45) is 0 Å². The number of likely N-dealkylation sites (tertiary alicyclic amines) is 1. The standard InChI is InChI=1S/C16H19N3O2S/c1-11-7-15(18-12(2)17-11)21-14-3-5-19(9-14)16(20)8-13-4-6-22-10-13/h4,6-7,10,14H,3,5,8-9H2,1-2H3/t14-/m0/s1. The molecule has 0 aliphatic carbocycles. The van der Waals surface area contributed by atoms with Crippen LogP contribution in [0.15, 0.2) is 22.9 Å². The highest BCUT2D eigenvalue weighted by molar-refractivity contribution is 7.07. The summed E-state index contributed by atoms with van der Waals surface area (Å²) in [6.45, 7) is 5.15. The molecule has 22 heavy (non-hydrogen) atoms. The molecule has 0 aromatic carbocycles. The summed E-state index contributed by atoms with van der Waals surface area (Å²) in [7, 11) is 0. The van der Waals surface area contributed by atoms with Crippen LogP contribution < -0.4 is 4.74 Å². The second-order valence-corrected chi connectivity index (χ2v) is 6.35. The van der Waals surface area contributed by atoms with Crippen LogP contribution >= 0.6 is 11.3 Å². The molecule has 1 aliphatic heterocycles. The van der Waals surface area contributed by atoms with Gasteiger partial charge in [-0.3, -0.25) is 4.79 Å². The summed E-state index contributed by atoms with van der Waals surface area (Å²) in [6.07, 6.45) is 1.33. The molecular weight excluding hydrogens is 298 g/mol. The van der Waals surface area contributed by atoms with Crippen molar-refractivity contribution >= 4 is 17.2 Å². The molecule has 0 spiro atoms. The van der Waals surface area contributed by atoms with Crippen LogP contribution in [0.25, 0.3) is 0 Å². The smallest absolute Gasteiger partial charge is 0.227 e. The monoisotopic (exact) mass is 317 g/mol. The zero-order valence-electron chi connectivity index (χ0n) is 12.8. The van der Waals surface area contributed by atoms with Crippen LogP contribution in [-0.4, -0.2) is 40.0 Å². The zero-order valence-corrected chi connectivity index (χ0v) is 13.6. The highest BCUT2D eigenvalue weighted by Crippen LogP contribution is 2.18. The molecule has 1 saturated heterocycles. The van der Waals surface area contributed by atoms with Gasteiger partial charge < -0.3 is 9.64 Å². The van der Waals surface area contributed by atoms with Gasteiger partial charge in [0, 0.05) is 24.7 Å². The third-order valence-electron chi connectivity index (χ3n) is 3.66. The largest absolute Gasteiger partial charge is 0.472 e. The van der Waals surface area contributed by atoms with E-state index >= 15 is 0 Å². The SMILES string of the molecule is Cc1cc(O[C@H]2CCN(C(=O)Cc3ccsc3)C2)nc(C)n1. The van der Waals surface area contributed by atoms with Crippen molar-refractivity contribution in [3.05, 3.63) is 40.0 Å². The number of hydrogen-bond donors (Lipinski definition) is 0. The number of aromatic nitrogens is 2. The molecule has 2 aromatic heterocycles. The average Bonchev–Trinajstić information content (AvgIpc) is 3.09. The number of ether oxygens (including phenoxy) is 1. The van der Waals surface area contributed by atoms with E-state index in [1.165, 1.54) is 0 Å². The number of hydrogen-bond acceptors (Lipinski definition) is 5. The van der Waals surface area contributed by atoms with Gasteiger partial charge in [-0.05, 0) is 36.2 Å². The van der Waals surface area contributed by atoms with Gasteiger partial charge in [-0.25, -0.2) is 4.98 Å². The Balaban J connectivity index is 1.56. The lowest BCUT2D eigenvalue weighted by Crippen LogP contribution is -2.32. The molecule has 1 aliphatic rings. The van der Waals surface area contributed by atoms with E-state index in [9.17, 15) is 4.79 Å². The first-order chi connectivity index (χ1) is 10.6. The maximum atomic E-state index is 12.3. The van der Waals surface area contributed by atoms with Crippen LogP contribution in [-0.2, 0) is 11.2 Å². The van der Waals surface area contributed by atoms with Crippen LogP contribution in [0.3, 0.4) is 0 Å². The van der Waals surface area contributed by atoms with Crippen molar-refractivity contribution in [3.63, 3.8) is 0 Å². The molecule has 5 nitrogen and oxygen atoms in total. The third kappa shape index (κ3) is 3.62. The van der Waals surface area contributed by atoms with Gasteiger partial charge in [0.15, 0.2) is 0 Å². The molecule has 1 fully saturated rings. The molecule has 6 heteroatoms. The Labute approximate surface area is 134 Å². The van der Waals surface area contributed by atoms with Gasteiger partial charge in [-0.15, -0.1) is 0 Å². The summed E-state index contributed by atoms with van der Waals surface area (Å²) in [6, 6.07) is 3.84. The summed E-state index contributed by atoms with van der Waals surface area (Å²) in [4.78, 5) is 22.7. The van der Waals surface area contributed by atoms with Gasteiger partial charge >= 0.3 is 0 Å². The fourth-order valence-corrected chi connectivity index (χ4v) is 3.31. The van der Waals surface area contributed by atoms with Crippen LogP contribution in [0, 0.1) is 13.8 Å². The Kier molecular flexibility index (Phi) is 4.38. The van der Waals surface area contributed by atoms with Crippen molar-refractivity contribution in [2.75, 3.05) is 13.1 Å². The van der Waals surface area contributed by atoms with E-state index in [0.29, 0.717) is 24.7 Å². The van der Waals surface area contributed by atoms with Gasteiger partial charge in [0.2, 0.25) is 11.8 Å². The lowest BCUT2D eigenvalue weighted by molar-refractivity contribution is -0.129. The Morgan fingerprint density at radius 3 is 3.05 bits per heavy atom. The molecule has 0 radical (unpaired) electrons. The van der Waals surface area contributed by atoms with Gasteiger partial charge in [-0.1, -0.05) is 0 Å². The summed E-state index contributed by atoms with van der Waals surface area (Å²) >= 11 is 1.62. The van der Waals surface area contributed by atoms with Crippen molar-refractivity contribution in [2.45, 2.75) is 32.8 Å². The predicted molar refractivity (Wildman–Crippen MR) is 85.1 cm³/mol. The number of aryl methyl sites for hydroxylation is 2. The van der Waals surface area contributed by atoms with E-state index in [0.717, 1.165) is 24.2 Å². The number of carbonyl (C=O) groups excluding carboxylic acids is 1. The van der Waals surface area contributed by atoms with Crippen LogP contribution in [0.5, 0.6) is 5.88 Å². The van der Waals surface area contributed by atoms with Crippen molar-refractivity contribution in [1.29, 1.82) is 0 Å². The lowest BCUT2D eigenvalue weighted by atomic mass is 10.2. The van der Waals surface area contributed by atoms with Gasteiger partial charge in [0.05, 0.1) is 13.0 Å². The maximum Gasteiger partial charge on any atom is 0.227 e. The van der Waals surface area contributed by atoms with Crippen molar-refractivity contribution < 1.29 is 9.53 Å². The average molecular weight is 317 g/mol. The van der Waals surface area contributed by atoms with Crippen LogP contribution in [0.1, 0.15) is 23.5 Å². The second-order valence-electron chi connectivity index (χ2n) is 5.57. The first kappa shape index (κ1) is 15.0. The Morgan fingerprint density at radius 2 is 2.32 bits per heavy atom. The minimum absolute atomic E-state index is 0.0140. The topological polar surface area (TPSA) is 55.3 Å². The first-order valence-electron chi connectivity index (χ1n) is 7.38. The Morgan fingerprint density at radius 1 is 1.45 bits per heavy atom. The zero-order chi connectivity index (χ0) is 15.5. The first-order valence-corrected chi connectivity index (χ1v) is 8.32. The maximum absolute atomic E-state index is 12.3. The lowest BCUT2D eigenvalue weighted by Gasteiger charge is -2.17. The van der Waals surface area contributed by atoms with Crippen LogP contribution in [0.2, 0.25) is 0 Å². The summed E-state index contributed by atoms with van der Waals surface area (Å²) in [5, 5.41) is 4.02. The van der Waals surface area contributed by atoms with E-state index in [-0.39, 0.29) is 12.0 Å². The van der Waals surface area contributed by atoms with E-state index in [1.54, 1.807) is 11.3 Å². The Hall–Kier alpha value is -1.95. The summed E-state index contributed by atoms with van der Waals surface area (Å²) in [5.74, 6) is 1.47. The molecule has 2 aromatic rings. The number of rotatable bonds is 4. The minimum atomic E-state index is 0.0140. The highest BCUT2D eigenvalue weighted by Gasteiger charge is 2.28. The summed E-state index contributed by atoms with van der Waals surface area (Å²) in [5.41, 5.74) is 1.98. The van der Waals surface area contributed by atoms with E-state index in [2.05, 4.69) is 9.97 Å². The molecule has 1 amide bonds. The predicted octanol–water partition coefficient (Wildman–Crippen LogP) is 2.38. The fourth-order valence-electron chi connectivity index (χ4n) is 2.64. The molecule has 1 atom stereocenters. The Bertz CT molecular complexity index is 637. The molecule has 116 valence electrons. The third-order valence-corrected chi connectivity index (χ3v) is 4.40. The number of carbonyl (C=O) groups is 1. The van der Waals surface area contributed by atoms with E-state index in [1.807, 2.05) is 41.6 Å². The quantitative estimate of drug-likeness (QED) is 0.869. The highest BCUT2D eigenvalue weighted by atomic mass is 32.1. The van der Waals surface area contributed by atoms with Gasteiger partial charge in [0.1, 0.15) is 11.9 Å². The van der Waals surface area contributed by atoms with Crippen LogP contribution in [0.4, 0.5) is 0 Å². The molecule has 3 heterocycles. The van der Waals surface area contributed by atoms with E-state index in [4.69, 9.17) is 4.74 Å². The van der Waals surface area contributed by atoms with E-state index < -0.39 is 0 Å². The normalized spacial score (nSPS) is 17.7. The molecule has 0 bridgehead atoms. The van der Waals surface area contributed by atoms with Crippen molar-refractivity contribution in [1.82, 2.24) is 14.9 Å². The number of thiophene rings is 1. The minimum Gasteiger partial charge on any atom is -0.472 e. The second kappa shape index (κ2) is 6.44. The number of nitrogens with zero attached hydrogens (tertiary/aromatic N) is 3. The fraction of sp³-hybridized carbons (Fsp3) is 0.438. The molecule has 0 saturated carbocycles. The van der Waals surface area contributed by atoms with Gasteiger partial charge in [-0.2, -0.15) is 16.3 Å². The van der Waals surface area contributed by atoms with Gasteiger partial charge in [0.25, 0.3) is 0 Å². The number of amides is 1. The molecule has 3 rings (SSSR count). The molecular formula is C16H19N3O2S. The van der Waals surface area contributed by atoms with Crippen molar-refractivity contribution in [3.8, 4) is 5.88 Å². The summed E-state index contributed by atoms with van der Waals surface area (Å²) < 4.78 is 5.91. The molecule has 0 N–H and O–H groups in total. The molecule has 0 unspecified atom stereocenters.